The fraction of sp³-hybridized carbons (Fsp3) is 0.333. The van der Waals surface area contributed by atoms with Gasteiger partial charge in [0.05, 0.1) is 0 Å². The molecule has 1 aliphatic heterocycles. The highest BCUT2D eigenvalue weighted by molar-refractivity contribution is 5.98. The van der Waals surface area contributed by atoms with Crippen LogP contribution in [-0.2, 0) is 0 Å². The van der Waals surface area contributed by atoms with Crippen LogP contribution in [0.1, 0.15) is 34.6 Å². The molecule has 1 atom stereocenters. The van der Waals surface area contributed by atoms with E-state index in [0.717, 1.165) is 29.6 Å². The maximum atomic E-state index is 12.9. The van der Waals surface area contributed by atoms with Crippen molar-refractivity contribution in [1.29, 1.82) is 0 Å². The lowest BCUT2D eigenvalue weighted by atomic mass is 10.1. The SMILES string of the molecule is Cc1c(C(=O)N2CCN([C@H](C)c3cccnc3)CC2)oc2ccccc12. The summed E-state index contributed by atoms with van der Waals surface area (Å²) in [6.45, 7) is 7.26. The van der Waals surface area contributed by atoms with Crippen molar-refractivity contribution in [3.8, 4) is 0 Å². The fourth-order valence-electron chi connectivity index (χ4n) is 3.67. The summed E-state index contributed by atoms with van der Waals surface area (Å²) in [5.41, 5.74) is 2.91. The minimum absolute atomic E-state index is 0.00705. The van der Waals surface area contributed by atoms with Gasteiger partial charge in [-0.05, 0) is 31.5 Å². The van der Waals surface area contributed by atoms with Crippen LogP contribution in [-0.4, -0.2) is 46.9 Å². The maximum Gasteiger partial charge on any atom is 0.289 e. The van der Waals surface area contributed by atoms with E-state index in [-0.39, 0.29) is 5.91 Å². The van der Waals surface area contributed by atoms with Crippen LogP contribution in [0.25, 0.3) is 11.0 Å². The third-order valence-electron chi connectivity index (χ3n) is 5.35. The summed E-state index contributed by atoms with van der Waals surface area (Å²) in [5, 5.41) is 1.01. The number of hydrogen-bond acceptors (Lipinski definition) is 4. The van der Waals surface area contributed by atoms with Crippen molar-refractivity contribution in [2.45, 2.75) is 19.9 Å². The number of hydrogen-bond donors (Lipinski definition) is 0. The molecule has 1 aromatic carbocycles. The Labute approximate surface area is 153 Å². The average Bonchev–Trinajstić information content (AvgIpc) is 3.04. The van der Waals surface area contributed by atoms with Gasteiger partial charge in [-0.1, -0.05) is 24.3 Å². The van der Waals surface area contributed by atoms with Crippen molar-refractivity contribution in [1.82, 2.24) is 14.8 Å². The summed E-state index contributed by atoms with van der Waals surface area (Å²) in [6, 6.07) is 12.2. The molecule has 4 rings (SSSR count). The van der Waals surface area contributed by atoms with Gasteiger partial charge in [0.1, 0.15) is 5.58 Å². The van der Waals surface area contributed by atoms with Crippen molar-refractivity contribution < 1.29 is 9.21 Å². The van der Waals surface area contributed by atoms with Crippen molar-refractivity contribution in [3.63, 3.8) is 0 Å². The van der Waals surface area contributed by atoms with Crippen LogP contribution >= 0.6 is 0 Å². The Bertz CT molecular complexity index is 911. The highest BCUT2D eigenvalue weighted by Crippen LogP contribution is 2.27. The molecule has 3 heterocycles. The number of furan rings is 1. The van der Waals surface area contributed by atoms with Gasteiger partial charge in [0.15, 0.2) is 5.76 Å². The second kappa shape index (κ2) is 6.92. The number of carbonyl (C=O) groups is 1. The first kappa shape index (κ1) is 16.8. The molecule has 0 saturated carbocycles. The number of benzene rings is 1. The largest absolute Gasteiger partial charge is 0.451 e. The molecule has 5 heteroatoms. The summed E-state index contributed by atoms with van der Waals surface area (Å²) in [6.07, 6.45) is 3.71. The molecule has 0 unspecified atom stereocenters. The van der Waals surface area contributed by atoms with Crippen LogP contribution in [0.2, 0.25) is 0 Å². The highest BCUT2D eigenvalue weighted by Gasteiger charge is 2.28. The Morgan fingerprint density at radius 3 is 2.58 bits per heavy atom. The number of aryl methyl sites for hydroxylation is 1. The first-order valence-electron chi connectivity index (χ1n) is 9.06. The third kappa shape index (κ3) is 2.99. The number of pyridine rings is 1. The Morgan fingerprint density at radius 2 is 1.88 bits per heavy atom. The van der Waals surface area contributed by atoms with Gasteiger partial charge >= 0.3 is 0 Å². The van der Waals surface area contributed by atoms with E-state index < -0.39 is 0 Å². The van der Waals surface area contributed by atoms with Gasteiger partial charge in [0.25, 0.3) is 5.91 Å². The molecule has 2 aromatic heterocycles. The molecule has 1 saturated heterocycles. The van der Waals surface area contributed by atoms with Crippen molar-refractivity contribution in [2.75, 3.05) is 26.2 Å². The number of para-hydroxylation sites is 1. The number of aromatic nitrogens is 1. The minimum Gasteiger partial charge on any atom is -0.451 e. The Hall–Kier alpha value is -2.66. The summed E-state index contributed by atoms with van der Waals surface area (Å²) in [5.74, 6) is 0.465. The average molecular weight is 349 g/mol. The first-order chi connectivity index (χ1) is 12.6. The second-order valence-corrected chi connectivity index (χ2v) is 6.84. The summed E-state index contributed by atoms with van der Waals surface area (Å²) >= 11 is 0. The molecule has 1 amide bonds. The minimum atomic E-state index is -0.00705. The molecule has 0 aliphatic carbocycles. The van der Waals surface area contributed by atoms with E-state index >= 15 is 0 Å². The predicted octanol–water partition coefficient (Wildman–Crippen LogP) is 3.66. The third-order valence-corrected chi connectivity index (χ3v) is 5.35. The lowest BCUT2D eigenvalue weighted by Gasteiger charge is -2.37. The van der Waals surface area contributed by atoms with Crippen molar-refractivity contribution in [3.05, 3.63) is 65.7 Å². The molecule has 3 aromatic rings. The zero-order chi connectivity index (χ0) is 18.1. The van der Waals surface area contributed by atoms with Gasteiger partial charge in [0.2, 0.25) is 0 Å². The van der Waals surface area contributed by atoms with E-state index in [4.69, 9.17) is 4.42 Å². The molecular formula is C21H23N3O2. The molecule has 0 spiro atoms. The molecule has 0 radical (unpaired) electrons. The Kier molecular flexibility index (Phi) is 4.47. The zero-order valence-corrected chi connectivity index (χ0v) is 15.2. The van der Waals surface area contributed by atoms with Crippen LogP contribution in [0.3, 0.4) is 0 Å². The van der Waals surface area contributed by atoms with E-state index in [1.807, 2.05) is 48.4 Å². The quantitative estimate of drug-likeness (QED) is 0.724. The maximum absolute atomic E-state index is 12.9. The van der Waals surface area contributed by atoms with E-state index in [1.165, 1.54) is 5.56 Å². The lowest BCUT2D eigenvalue weighted by Crippen LogP contribution is -2.49. The fourth-order valence-corrected chi connectivity index (χ4v) is 3.67. The molecule has 0 N–H and O–H groups in total. The summed E-state index contributed by atoms with van der Waals surface area (Å²) < 4.78 is 5.84. The van der Waals surface area contributed by atoms with Gasteiger partial charge in [-0.25, -0.2) is 0 Å². The van der Waals surface area contributed by atoms with Crippen LogP contribution in [0, 0.1) is 6.92 Å². The number of rotatable bonds is 3. The second-order valence-electron chi connectivity index (χ2n) is 6.84. The van der Waals surface area contributed by atoms with Crippen LogP contribution < -0.4 is 0 Å². The first-order valence-corrected chi connectivity index (χ1v) is 9.06. The lowest BCUT2D eigenvalue weighted by molar-refractivity contribution is 0.0554. The molecule has 0 bridgehead atoms. The van der Waals surface area contributed by atoms with Crippen LogP contribution in [0.15, 0.2) is 53.2 Å². The molecule has 134 valence electrons. The number of piperazine rings is 1. The number of fused-ring (bicyclic) bond motifs is 1. The van der Waals surface area contributed by atoms with Gasteiger partial charge in [-0.15, -0.1) is 0 Å². The molecule has 1 aliphatic rings. The van der Waals surface area contributed by atoms with Crippen molar-refractivity contribution in [2.24, 2.45) is 0 Å². The van der Waals surface area contributed by atoms with E-state index in [9.17, 15) is 4.79 Å². The molecule has 5 nitrogen and oxygen atoms in total. The van der Waals surface area contributed by atoms with E-state index in [1.54, 1.807) is 6.20 Å². The number of amides is 1. The van der Waals surface area contributed by atoms with Gasteiger partial charge in [0, 0.05) is 55.6 Å². The van der Waals surface area contributed by atoms with Crippen LogP contribution in [0.5, 0.6) is 0 Å². The zero-order valence-electron chi connectivity index (χ0n) is 15.2. The molecule has 1 fully saturated rings. The van der Waals surface area contributed by atoms with Gasteiger partial charge in [-0.3, -0.25) is 14.7 Å². The predicted molar refractivity (Wildman–Crippen MR) is 101 cm³/mol. The van der Waals surface area contributed by atoms with Gasteiger partial charge in [-0.2, -0.15) is 0 Å². The number of carbonyl (C=O) groups excluding carboxylic acids is 1. The highest BCUT2D eigenvalue weighted by atomic mass is 16.3. The topological polar surface area (TPSA) is 49.6 Å². The normalized spacial score (nSPS) is 16.8. The van der Waals surface area contributed by atoms with E-state index in [0.29, 0.717) is 24.9 Å². The summed E-state index contributed by atoms with van der Waals surface area (Å²) in [7, 11) is 0. The van der Waals surface area contributed by atoms with Crippen molar-refractivity contribution >= 4 is 16.9 Å². The number of nitrogens with zero attached hydrogens (tertiary/aromatic N) is 3. The monoisotopic (exact) mass is 349 g/mol. The summed E-state index contributed by atoms with van der Waals surface area (Å²) in [4.78, 5) is 21.4. The van der Waals surface area contributed by atoms with Gasteiger partial charge < -0.3 is 9.32 Å². The Morgan fingerprint density at radius 1 is 1.12 bits per heavy atom. The van der Waals surface area contributed by atoms with Crippen LogP contribution in [0.4, 0.5) is 0 Å². The smallest absolute Gasteiger partial charge is 0.289 e. The molecular weight excluding hydrogens is 326 g/mol. The standard InChI is InChI=1S/C21H23N3O2/c1-15-18-7-3-4-8-19(18)26-20(15)21(25)24-12-10-23(11-13-24)16(2)17-6-5-9-22-14-17/h3-9,14,16H,10-13H2,1-2H3/t16-/m1/s1. The Balaban J connectivity index is 1.46. The van der Waals surface area contributed by atoms with E-state index in [2.05, 4.69) is 22.9 Å². The molecule has 26 heavy (non-hydrogen) atoms.